The van der Waals surface area contributed by atoms with E-state index in [0.717, 1.165) is 24.3 Å². The third-order valence-corrected chi connectivity index (χ3v) is 4.62. The minimum atomic E-state index is -4.55. The predicted octanol–water partition coefficient (Wildman–Crippen LogP) is 5.08. The zero-order chi connectivity index (χ0) is 21.6. The molecule has 1 N–H and O–H groups in total. The van der Waals surface area contributed by atoms with Crippen LogP contribution in [0.25, 0.3) is 0 Å². The largest absolute Gasteiger partial charge is 0.456 e. The van der Waals surface area contributed by atoms with Gasteiger partial charge in [-0.1, -0.05) is 11.6 Å². The van der Waals surface area contributed by atoms with Crippen molar-refractivity contribution in [2.75, 3.05) is 18.6 Å². The van der Waals surface area contributed by atoms with Crippen LogP contribution in [0.2, 0.25) is 5.02 Å². The molecule has 0 aliphatic heterocycles. The summed E-state index contributed by atoms with van der Waals surface area (Å²) in [6, 6.07) is 6.33. The molecule has 2 aromatic rings. The molecule has 2 aromatic carbocycles. The Morgan fingerprint density at radius 1 is 1.28 bits per heavy atom. The summed E-state index contributed by atoms with van der Waals surface area (Å²) >= 11 is 7.40. The van der Waals surface area contributed by atoms with Gasteiger partial charge in [0, 0.05) is 23.9 Å². The van der Waals surface area contributed by atoms with Crippen molar-refractivity contribution in [3.05, 3.63) is 62.7 Å². The number of hydrogen-bond donors (Lipinski definition) is 1. The van der Waals surface area contributed by atoms with Gasteiger partial charge in [0.05, 0.1) is 21.9 Å². The molecule has 0 radical (unpaired) electrons. The molecule has 0 atom stereocenters. The maximum Gasteiger partial charge on any atom is 0.416 e. The number of amides is 1. The molecule has 1 amide bonds. The number of carbonyl (C=O) groups excluding carboxylic acids is 1. The van der Waals surface area contributed by atoms with E-state index >= 15 is 0 Å². The topological polar surface area (TPSA) is 81.5 Å². The summed E-state index contributed by atoms with van der Waals surface area (Å²) in [5, 5.41) is 13.6. The molecule has 0 aliphatic carbocycles. The van der Waals surface area contributed by atoms with Gasteiger partial charge in [0.15, 0.2) is 0 Å². The minimum Gasteiger partial charge on any atom is -0.456 e. The summed E-state index contributed by atoms with van der Waals surface area (Å²) in [5.41, 5.74) is -1.09. The highest BCUT2D eigenvalue weighted by Gasteiger charge is 2.31. The first kappa shape index (κ1) is 22.8. The molecule has 0 aliphatic rings. The summed E-state index contributed by atoms with van der Waals surface area (Å²) in [6.07, 6.45) is -2.92. The Balaban J connectivity index is 2.24. The van der Waals surface area contributed by atoms with E-state index in [1.807, 2.05) is 6.26 Å². The Morgan fingerprint density at radius 3 is 2.59 bits per heavy atom. The smallest absolute Gasteiger partial charge is 0.416 e. The molecule has 6 nitrogen and oxygen atoms in total. The lowest BCUT2D eigenvalue weighted by Gasteiger charge is -2.12. The number of nitro groups is 1. The first-order chi connectivity index (χ1) is 13.6. The van der Waals surface area contributed by atoms with Gasteiger partial charge in [0.1, 0.15) is 11.5 Å². The van der Waals surface area contributed by atoms with Gasteiger partial charge in [-0.05, 0) is 36.6 Å². The summed E-state index contributed by atoms with van der Waals surface area (Å²) in [6.45, 7) is 0.422. The fourth-order valence-electron chi connectivity index (χ4n) is 2.36. The van der Waals surface area contributed by atoms with Gasteiger partial charge in [0.2, 0.25) is 5.91 Å². The van der Waals surface area contributed by atoms with Gasteiger partial charge >= 0.3 is 6.18 Å². The molecule has 11 heteroatoms. The predicted molar refractivity (Wildman–Crippen MR) is 105 cm³/mol. The van der Waals surface area contributed by atoms with Crippen molar-refractivity contribution in [3.8, 4) is 11.5 Å². The maximum atomic E-state index is 12.7. The zero-order valence-corrected chi connectivity index (χ0v) is 16.7. The van der Waals surface area contributed by atoms with Crippen molar-refractivity contribution in [1.82, 2.24) is 5.32 Å². The highest BCUT2D eigenvalue weighted by molar-refractivity contribution is 7.98. The number of nitro benzene ring substituents is 1. The molecular formula is C18H16ClF3N2O4S. The summed E-state index contributed by atoms with van der Waals surface area (Å²) in [7, 11) is 0. The van der Waals surface area contributed by atoms with Crippen LogP contribution in [-0.4, -0.2) is 29.4 Å². The molecule has 0 aromatic heterocycles. The van der Waals surface area contributed by atoms with Crippen LogP contribution < -0.4 is 10.1 Å². The van der Waals surface area contributed by atoms with Crippen LogP contribution in [0.15, 0.2) is 36.4 Å². The highest BCUT2D eigenvalue weighted by atomic mass is 35.5. The molecule has 0 saturated heterocycles. The van der Waals surface area contributed by atoms with Crippen molar-refractivity contribution >= 4 is 35.0 Å². The number of hydrogen-bond acceptors (Lipinski definition) is 5. The Hall–Kier alpha value is -2.46. The molecule has 0 heterocycles. The number of carbonyl (C=O) groups is 1. The molecule has 156 valence electrons. The van der Waals surface area contributed by atoms with Crippen molar-refractivity contribution < 1.29 is 27.6 Å². The molecule has 0 unspecified atom stereocenters. The van der Waals surface area contributed by atoms with E-state index in [1.165, 1.54) is 23.9 Å². The number of thioether (sulfide) groups is 1. The summed E-state index contributed by atoms with van der Waals surface area (Å²) < 4.78 is 43.7. The van der Waals surface area contributed by atoms with E-state index in [4.69, 9.17) is 16.3 Å². The Kier molecular flexibility index (Phi) is 7.74. The number of halogens is 4. The molecular weight excluding hydrogens is 433 g/mol. The van der Waals surface area contributed by atoms with Gasteiger partial charge < -0.3 is 10.1 Å². The van der Waals surface area contributed by atoms with Gasteiger partial charge in [-0.25, -0.2) is 0 Å². The van der Waals surface area contributed by atoms with Gasteiger partial charge in [-0.15, -0.1) is 0 Å². The Morgan fingerprint density at radius 2 is 2.00 bits per heavy atom. The minimum absolute atomic E-state index is 0.0520. The second-order valence-corrected chi connectivity index (χ2v) is 7.20. The lowest BCUT2D eigenvalue weighted by atomic mass is 10.1. The van der Waals surface area contributed by atoms with Crippen LogP contribution in [-0.2, 0) is 17.4 Å². The van der Waals surface area contributed by atoms with Crippen molar-refractivity contribution in [1.29, 1.82) is 0 Å². The van der Waals surface area contributed by atoms with E-state index in [9.17, 15) is 28.1 Å². The van der Waals surface area contributed by atoms with E-state index in [2.05, 4.69) is 5.32 Å². The number of nitrogens with zero attached hydrogens (tertiary/aromatic N) is 1. The van der Waals surface area contributed by atoms with Crippen molar-refractivity contribution in [3.63, 3.8) is 0 Å². The quantitative estimate of drug-likeness (QED) is 0.346. The molecule has 2 rings (SSSR count). The van der Waals surface area contributed by atoms with Crippen molar-refractivity contribution in [2.24, 2.45) is 0 Å². The van der Waals surface area contributed by atoms with E-state index < -0.39 is 22.6 Å². The molecule has 0 spiro atoms. The van der Waals surface area contributed by atoms with E-state index in [-0.39, 0.29) is 34.2 Å². The van der Waals surface area contributed by atoms with Crippen molar-refractivity contribution in [2.45, 2.75) is 12.6 Å². The number of benzene rings is 2. The Bertz CT molecular complexity index is 909. The number of nitrogens with one attached hydrogen (secondary N) is 1. The standard InChI is InChI=1S/C18H16ClF3N2O4S/c1-29-7-6-23-17(25)9-11-8-13(3-4-15(11)24(26)27)28-16-5-2-12(10-14(16)19)18(20,21)22/h2-5,8,10H,6-7,9H2,1H3,(H,23,25). The Labute approximate surface area is 173 Å². The highest BCUT2D eigenvalue weighted by Crippen LogP contribution is 2.37. The van der Waals surface area contributed by atoms with E-state index in [1.54, 1.807) is 0 Å². The second-order valence-electron chi connectivity index (χ2n) is 5.81. The first-order valence-corrected chi connectivity index (χ1v) is 9.96. The second kappa shape index (κ2) is 9.84. The number of ether oxygens (including phenoxy) is 1. The van der Waals surface area contributed by atoms with Crippen LogP contribution >= 0.6 is 23.4 Å². The molecule has 0 saturated carbocycles. The number of rotatable bonds is 8. The maximum absolute atomic E-state index is 12.7. The van der Waals surface area contributed by atoms with E-state index in [0.29, 0.717) is 12.3 Å². The fraction of sp³-hybridized carbons (Fsp3) is 0.278. The summed E-state index contributed by atoms with van der Waals surface area (Å²) in [4.78, 5) is 22.6. The molecule has 0 bridgehead atoms. The summed E-state index contributed by atoms with van der Waals surface area (Å²) in [5.74, 6) is 0.351. The normalized spacial score (nSPS) is 11.2. The average molecular weight is 449 g/mol. The average Bonchev–Trinajstić information content (AvgIpc) is 2.62. The SMILES string of the molecule is CSCCNC(=O)Cc1cc(Oc2ccc(C(F)(F)F)cc2Cl)ccc1[N+](=O)[O-]. The van der Waals surface area contributed by atoms with Crippen LogP contribution in [0.4, 0.5) is 18.9 Å². The lowest BCUT2D eigenvalue weighted by Crippen LogP contribution is -2.27. The van der Waals surface area contributed by atoms with Gasteiger partial charge in [0.25, 0.3) is 5.69 Å². The van der Waals surface area contributed by atoms with Crippen LogP contribution in [0.5, 0.6) is 11.5 Å². The fourth-order valence-corrected chi connectivity index (χ4v) is 2.89. The molecule has 29 heavy (non-hydrogen) atoms. The zero-order valence-electron chi connectivity index (χ0n) is 15.1. The number of alkyl halides is 3. The van der Waals surface area contributed by atoms with Gasteiger partial charge in [-0.2, -0.15) is 24.9 Å². The first-order valence-electron chi connectivity index (χ1n) is 8.19. The lowest BCUT2D eigenvalue weighted by molar-refractivity contribution is -0.385. The van der Waals surface area contributed by atoms with Crippen LogP contribution in [0.1, 0.15) is 11.1 Å². The molecule has 0 fully saturated rings. The van der Waals surface area contributed by atoms with Gasteiger partial charge in [-0.3, -0.25) is 14.9 Å². The van der Waals surface area contributed by atoms with Crippen LogP contribution in [0, 0.1) is 10.1 Å². The third kappa shape index (κ3) is 6.53. The van der Waals surface area contributed by atoms with Crippen LogP contribution in [0.3, 0.4) is 0 Å². The monoisotopic (exact) mass is 448 g/mol. The third-order valence-electron chi connectivity index (χ3n) is 3.71.